The fourth-order valence-electron chi connectivity index (χ4n) is 4.64. The number of benzene rings is 1. The SMILES string of the molecule is O=C(c1cc2c(F)cccc2[nH]1)N1CCC(c2[nH]ncc2C(=O)N2CCCC2)CC1. The van der Waals surface area contributed by atoms with Crippen LogP contribution in [-0.2, 0) is 0 Å². The van der Waals surface area contributed by atoms with Crippen LogP contribution in [0.4, 0.5) is 4.39 Å². The van der Waals surface area contributed by atoms with E-state index in [-0.39, 0.29) is 23.5 Å². The number of aromatic amines is 2. The summed E-state index contributed by atoms with van der Waals surface area (Å²) in [4.78, 5) is 32.4. The Morgan fingerprint density at radius 2 is 1.77 bits per heavy atom. The van der Waals surface area contributed by atoms with Crippen molar-refractivity contribution in [2.75, 3.05) is 26.2 Å². The average molecular weight is 409 g/mol. The second kappa shape index (κ2) is 7.59. The molecule has 2 aromatic heterocycles. The number of aromatic nitrogens is 3. The number of amides is 2. The van der Waals surface area contributed by atoms with E-state index in [1.54, 1.807) is 29.3 Å². The van der Waals surface area contributed by atoms with Gasteiger partial charge in [-0.1, -0.05) is 6.07 Å². The van der Waals surface area contributed by atoms with Gasteiger partial charge in [0.2, 0.25) is 0 Å². The van der Waals surface area contributed by atoms with Crippen LogP contribution in [0.2, 0.25) is 0 Å². The van der Waals surface area contributed by atoms with E-state index in [0.29, 0.717) is 35.2 Å². The van der Waals surface area contributed by atoms with Gasteiger partial charge in [-0.3, -0.25) is 14.7 Å². The van der Waals surface area contributed by atoms with Crippen LogP contribution in [-0.4, -0.2) is 63.0 Å². The summed E-state index contributed by atoms with van der Waals surface area (Å²) in [5.74, 6) is -0.244. The average Bonchev–Trinajstić information content (AvgIpc) is 3.53. The van der Waals surface area contributed by atoms with Crippen molar-refractivity contribution in [2.45, 2.75) is 31.6 Å². The molecule has 2 N–H and O–H groups in total. The summed E-state index contributed by atoms with van der Waals surface area (Å²) in [5.41, 5.74) is 2.57. The third-order valence-electron chi connectivity index (χ3n) is 6.32. The molecule has 8 heteroatoms. The van der Waals surface area contributed by atoms with Crippen LogP contribution in [0, 0.1) is 5.82 Å². The van der Waals surface area contributed by atoms with Crippen molar-refractivity contribution in [3.8, 4) is 0 Å². The number of carbonyl (C=O) groups is 2. The molecule has 1 aromatic carbocycles. The highest BCUT2D eigenvalue weighted by atomic mass is 19.1. The minimum Gasteiger partial charge on any atom is -0.350 e. The molecule has 0 saturated carbocycles. The lowest BCUT2D eigenvalue weighted by atomic mass is 9.91. The van der Waals surface area contributed by atoms with Crippen molar-refractivity contribution in [2.24, 2.45) is 0 Å². The van der Waals surface area contributed by atoms with Crippen molar-refractivity contribution >= 4 is 22.7 Å². The molecule has 2 amide bonds. The smallest absolute Gasteiger partial charge is 0.270 e. The van der Waals surface area contributed by atoms with E-state index >= 15 is 0 Å². The maximum Gasteiger partial charge on any atom is 0.270 e. The van der Waals surface area contributed by atoms with Gasteiger partial charge in [0, 0.05) is 43.0 Å². The van der Waals surface area contributed by atoms with E-state index in [9.17, 15) is 14.0 Å². The number of fused-ring (bicyclic) bond motifs is 1. The summed E-state index contributed by atoms with van der Waals surface area (Å²) in [7, 11) is 0. The zero-order chi connectivity index (χ0) is 20.7. The molecule has 2 aliphatic heterocycles. The Morgan fingerprint density at radius 1 is 1.03 bits per heavy atom. The van der Waals surface area contributed by atoms with E-state index < -0.39 is 0 Å². The van der Waals surface area contributed by atoms with E-state index in [1.165, 1.54) is 6.07 Å². The van der Waals surface area contributed by atoms with Crippen molar-refractivity contribution in [1.82, 2.24) is 25.0 Å². The first-order valence-corrected chi connectivity index (χ1v) is 10.5. The number of carbonyl (C=O) groups excluding carboxylic acids is 2. The molecule has 0 atom stereocenters. The van der Waals surface area contributed by atoms with Crippen LogP contribution in [0.1, 0.15) is 58.1 Å². The van der Waals surface area contributed by atoms with Crippen LogP contribution in [0.25, 0.3) is 10.9 Å². The number of nitrogens with one attached hydrogen (secondary N) is 2. The quantitative estimate of drug-likeness (QED) is 0.696. The number of nitrogens with zero attached hydrogens (tertiary/aromatic N) is 3. The zero-order valence-corrected chi connectivity index (χ0v) is 16.7. The van der Waals surface area contributed by atoms with E-state index in [1.807, 2.05) is 4.90 Å². The number of halogens is 1. The highest BCUT2D eigenvalue weighted by Gasteiger charge is 2.31. The summed E-state index contributed by atoms with van der Waals surface area (Å²) in [5, 5.41) is 7.59. The molecule has 0 radical (unpaired) electrons. The molecule has 5 rings (SSSR count). The van der Waals surface area contributed by atoms with Crippen molar-refractivity contribution in [1.29, 1.82) is 0 Å². The van der Waals surface area contributed by atoms with Gasteiger partial charge in [-0.05, 0) is 43.9 Å². The molecule has 0 spiro atoms. The second-order valence-corrected chi connectivity index (χ2v) is 8.15. The molecule has 156 valence electrons. The van der Waals surface area contributed by atoms with Crippen LogP contribution < -0.4 is 0 Å². The molecule has 0 aliphatic carbocycles. The second-order valence-electron chi connectivity index (χ2n) is 8.15. The van der Waals surface area contributed by atoms with Gasteiger partial charge in [-0.15, -0.1) is 0 Å². The lowest BCUT2D eigenvalue weighted by Crippen LogP contribution is -2.38. The summed E-state index contributed by atoms with van der Waals surface area (Å²) in [6, 6.07) is 6.36. The van der Waals surface area contributed by atoms with Gasteiger partial charge in [-0.25, -0.2) is 4.39 Å². The van der Waals surface area contributed by atoms with Crippen molar-refractivity contribution in [3.05, 3.63) is 53.2 Å². The Balaban J connectivity index is 1.27. The van der Waals surface area contributed by atoms with E-state index in [2.05, 4.69) is 15.2 Å². The minimum absolute atomic E-state index is 0.0508. The van der Waals surface area contributed by atoms with Gasteiger partial charge in [-0.2, -0.15) is 5.10 Å². The first-order chi connectivity index (χ1) is 14.6. The predicted molar refractivity (Wildman–Crippen MR) is 110 cm³/mol. The first kappa shape index (κ1) is 18.8. The van der Waals surface area contributed by atoms with Crippen molar-refractivity contribution < 1.29 is 14.0 Å². The highest BCUT2D eigenvalue weighted by Crippen LogP contribution is 2.31. The fraction of sp³-hybridized carbons (Fsp3) is 0.409. The Hall–Kier alpha value is -3.16. The van der Waals surface area contributed by atoms with Gasteiger partial charge in [0.25, 0.3) is 11.8 Å². The van der Waals surface area contributed by atoms with Crippen molar-refractivity contribution in [3.63, 3.8) is 0 Å². The number of piperidine rings is 1. The van der Waals surface area contributed by atoms with Gasteiger partial charge >= 0.3 is 0 Å². The van der Waals surface area contributed by atoms with Crippen LogP contribution in [0.5, 0.6) is 0 Å². The molecule has 3 aromatic rings. The highest BCUT2D eigenvalue weighted by molar-refractivity contribution is 5.98. The van der Waals surface area contributed by atoms with Gasteiger partial charge in [0.05, 0.1) is 17.5 Å². The zero-order valence-electron chi connectivity index (χ0n) is 16.7. The van der Waals surface area contributed by atoms with Gasteiger partial charge in [0.15, 0.2) is 0 Å². The Kier molecular flexibility index (Phi) is 4.77. The van der Waals surface area contributed by atoms with Gasteiger partial charge < -0.3 is 14.8 Å². The number of likely N-dealkylation sites (tertiary alicyclic amines) is 2. The Labute approximate surface area is 173 Å². The fourth-order valence-corrected chi connectivity index (χ4v) is 4.64. The molecular weight excluding hydrogens is 385 g/mol. The first-order valence-electron chi connectivity index (χ1n) is 10.5. The lowest BCUT2D eigenvalue weighted by molar-refractivity contribution is 0.0702. The Bertz CT molecular complexity index is 1090. The Morgan fingerprint density at radius 3 is 2.50 bits per heavy atom. The molecule has 2 saturated heterocycles. The van der Waals surface area contributed by atoms with E-state index in [0.717, 1.165) is 44.5 Å². The predicted octanol–water partition coefficient (Wildman–Crippen LogP) is 3.29. The maximum atomic E-state index is 13.9. The normalized spacial score (nSPS) is 17.8. The number of H-pyrrole nitrogens is 2. The number of hydrogen-bond donors (Lipinski definition) is 2. The maximum absolute atomic E-state index is 13.9. The topological polar surface area (TPSA) is 85.1 Å². The molecule has 0 bridgehead atoms. The number of hydrogen-bond acceptors (Lipinski definition) is 3. The largest absolute Gasteiger partial charge is 0.350 e. The molecule has 30 heavy (non-hydrogen) atoms. The molecular formula is C22H24FN5O2. The number of rotatable bonds is 3. The monoisotopic (exact) mass is 409 g/mol. The summed E-state index contributed by atoms with van der Waals surface area (Å²) < 4.78 is 13.9. The standard InChI is InChI=1S/C22H24FN5O2/c23-17-4-3-5-18-15(17)12-19(25-18)22(30)28-10-6-14(7-11-28)20-16(13-24-26-20)21(29)27-8-1-2-9-27/h3-5,12-14,25H,1-2,6-11H2,(H,24,26). The minimum atomic E-state index is -0.337. The molecule has 2 fully saturated rings. The molecule has 0 unspecified atom stereocenters. The van der Waals surface area contributed by atoms with Crippen LogP contribution in [0.15, 0.2) is 30.5 Å². The summed E-state index contributed by atoms with van der Waals surface area (Å²) in [6.45, 7) is 2.78. The summed E-state index contributed by atoms with van der Waals surface area (Å²) in [6.07, 6.45) is 5.24. The van der Waals surface area contributed by atoms with Crippen LogP contribution >= 0.6 is 0 Å². The molecule has 4 heterocycles. The molecule has 7 nitrogen and oxygen atoms in total. The lowest BCUT2D eigenvalue weighted by Gasteiger charge is -2.31. The third-order valence-corrected chi connectivity index (χ3v) is 6.32. The van der Waals surface area contributed by atoms with Gasteiger partial charge in [0.1, 0.15) is 11.5 Å². The molecule has 2 aliphatic rings. The summed E-state index contributed by atoms with van der Waals surface area (Å²) >= 11 is 0. The third kappa shape index (κ3) is 3.26. The van der Waals surface area contributed by atoms with E-state index in [4.69, 9.17) is 0 Å². The van der Waals surface area contributed by atoms with Crippen LogP contribution in [0.3, 0.4) is 0 Å².